The Kier molecular flexibility index (Phi) is 6.48. The first-order chi connectivity index (χ1) is 16.8. The fourth-order valence-corrected chi connectivity index (χ4v) is 5.94. The van der Waals surface area contributed by atoms with Crippen molar-refractivity contribution in [2.45, 2.75) is 31.7 Å². The molecule has 1 aromatic heterocycles. The van der Waals surface area contributed by atoms with E-state index in [1.807, 2.05) is 44.2 Å². The molecular weight excluding hydrogens is 462 g/mol. The highest BCUT2D eigenvalue weighted by molar-refractivity contribution is 7.89. The average molecular weight is 494 g/mol. The van der Waals surface area contributed by atoms with Gasteiger partial charge in [-0.15, -0.1) is 0 Å². The van der Waals surface area contributed by atoms with E-state index in [1.54, 1.807) is 18.2 Å². The molecule has 0 radical (unpaired) electrons. The van der Waals surface area contributed by atoms with Gasteiger partial charge in [-0.05, 0) is 50.7 Å². The zero-order valence-corrected chi connectivity index (χ0v) is 21.3. The summed E-state index contributed by atoms with van der Waals surface area (Å²) in [7, 11) is -1.54. The minimum absolute atomic E-state index is 0.176. The van der Waals surface area contributed by atoms with Crippen molar-refractivity contribution in [3.05, 3.63) is 70.9 Å². The number of rotatable bonds is 5. The molecule has 0 aliphatic carbocycles. The molecule has 2 aliphatic heterocycles. The van der Waals surface area contributed by atoms with Crippen LogP contribution in [-0.4, -0.2) is 67.4 Å². The standard InChI is InChI=1S/C26H31N5O3S/c1-19-7-9-21(10-8-19)34-25-23-18-31(35(32,33)22-6-4-5-20(2)17-22)12-11-24(23)27-26(28-25)30-15-13-29(3)14-16-30/h4-10,17H,11-16,18H2,1-3H3. The molecule has 5 rings (SSSR count). The lowest BCUT2D eigenvalue weighted by molar-refractivity contribution is 0.310. The molecule has 1 saturated heterocycles. The van der Waals surface area contributed by atoms with Crippen molar-refractivity contribution in [2.75, 3.05) is 44.7 Å². The summed E-state index contributed by atoms with van der Waals surface area (Å²) in [6, 6.07) is 14.8. The monoisotopic (exact) mass is 493 g/mol. The van der Waals surface area contributed by atoms with Crippen molar-refractivity contribution >= 4 is 16.0 Å². The molecule has 1 fully saturated rings. The number of benzene rings is 2. The van der Waals surface area contributed by atoms with Gasteiger partial charge in [0.1, 0.15) is 5.75 Å². The minimum Gasteiger partial charge on any atom is -0.439 e. The second kappa shape index (κ2) is 9.56. The molecule has 2 aromatic carbocycles. The van der Waals surface area contributed by atoms with Gasteiger partial charge in [-0.1, -0.05) is 29.8 Å². The minimum atomic E-state index is -3.65. The molecule has 184 valence electrons. The first-order valence-electron chi connectivity index (χ1n) is 11.9. The number of sulfonamides is 1. The average Bonchev–Trinajstić information content (AvgIpc) is 2.85. The molecule has 3 heterocycles. The summed E-state index contributed by atoms with van der Waals surface area (Å²) < 4.78 is 34.6. The van der Waals surface area contributed by atoms with Crippen molar-refractivity contribution in [3.8, 4) is 11.6 Å². The molecule has 0 saturated carbocycles. The van der Waals surface area contributed by atoms with Crippen molar-refractivity contribution in [1.82, 2.24) is 19.2 Å². The maximum absolute atomic E-state index is 13.4. The Morgan fingerprint density at radius 1 is 0.886 bits per heavy atom. The van der Waals surface area contributed by atoms with E-state index < -0.39 is 10.0 Å². The Balaban J connectivity index is 1.51. The first-order valence-corrected chi connectivity index (χ1v) is 13.4. The Hall–Kier alpha value is -3.01. The van der Waals surface area contributed by atoms with E-state index in [0.29, 0.717) is 35.4 Å². The van der Waals surface area contributed by atoms with Gasteiger partial charge in [0, 0.05) is 45.7 Å². The largest absolute Gasteiger partial charge is 0.439 e. The van der Waals surface area contributed by atoms with Gasteiger partial charge < -0.3 is 14.5 Å². The van der Waals surface area contributed by atoms with Crippen LogP contribution in [0.3, 0.4) is 0 Å². The Labute approximate surface area is 207 Å². The third-order valence-corrected chi connectivity index (χ3v) is 8.47. The third kappa shape index (κ3) is 5.03. The van der Waals surface area contributed by atoms with Crippen molar-refractivity contribution < 1.29 is 13.2 Å². The highest BCUT2D eigenvalue weighted by atomic mass is 32.2. The maximum Gasteiger partial charge on any atom is 0.243 e. The summed E-state index contributed by atoms with van der Waals surface area (Å²) in [5.41, 5.74) is 3.63. The summed E-state index contributed by atoms with van der Waals surface area (Å²) in [5, 5.41) is 0. The van der Waals surface area contributed by atoms with E-state index in [-0.39, 0.29) is 6.54 Å². The number of fused-ring (bicyclic) bond motifs is 1. The molecule has 3 aromatic rings. The topological polar surface area (TPSA) is 78.9 Å². The van der Waals surface area contributed by atoms with Gasteiger partial charge in [0.05, 0.1) is 16.2 Å². The van der Waals surface area contributed by atoms with Gasteiger partial charge in [-0.3, -0.25) is 0 Å². The van der Waals surface area contributed by atoms with E-state index in [0.717, 1.165) is 48.6 Å². The molecule has 0 spiro atoms. The van der Waals surface area contributed by atoms with E-state index in [2.05, 4.69) is 16.8 Å². The molecule has 0 amide bonds. The predicted molar refractivity (Wildman–Crippen MR) is 135 cm³/mol. The molecular formula is C26H31N5O3S. The molecule has 0 bridgehead atoms. The number of hydrogen-bond acceptors (Lipinski definition) is 7. The molecule has 0 N–H and O–H groups in total. The van der Waals surface area contributed by atoms with Crippen molar-refractivity contribution in [3.63, 3.8) is 0 Å². The van der Waals surface area contributed by atoms with Crippen LogP contribution in [0, 0.1) is 13.8 Å². The van der Waals surface area contributed by atoms with Gasteiger partial charge >= 0.3 is 0 Å². The van der Waals surface area contributed by atoms with E-state index in [9.17, 15) is 8.42 Å². The van der Waals surface area contributed by atoms with Crippen LogP contribution in [0.5, 0.6) is 11.6 Å². The second-order valence-electron chi connectivity index (χ2n) is 9.36. The van der Waals surface area contributed by atoms with Crippen LogP contribution < -0.4 is 9.64 Å². The fraction of sp³-hybridized carbons (Fsp3) is 0.385. The lowest BCUT2D eigenvalue weighted by Crippen LogP contribution is -2.45. The van der Waals surface area contributed by atoms with Crippen LogP contribution in [0.4, 0.5) is 5.95 Å². The summed E-state index contributed by atoms with van der Waals surface area (Å²) in [5.74, 6) is 1.74. The van der Waals surface area contributed by atoms with Crippen LogP contribution in [0.2, 0.25) is 0 Å². The summed E-state index contributed by atoms with van der Waals surface area (Å²) in [4.78, 5) is 14.5. The van der Waals surface area contributed by atoms with Crippen LogP contribution in [0.1, 0.15) is 22.4 Å². The fourth-order valence-electron chi connectivity index (χ4n) is 4.43. The Bertz CT molecular complexity index is 1320. The quantitative estimate of drug-likeness (QED) is 0.539. The summed E-state index contributed by atoms with van der Waals surface area (Å²) in [6.07, 6.45) is 0.508. The zero-order chi connectivity index (χ0) is 24.6. The molecule has 0 unspecified atom stereocenters. The predicted octanol–water partition coefficient (Wildman–Crippen LogP) is 3.38. The summed E-state index contributed by atoms with van der Waals surface area (Å²) >= 11 is 0. The van der Waals surface area contributed by atoms with Gasteiger partial charge in [-0.25, -0.2) is 13.4 Å². The number of aryl methyl sites for hydroxylation is 2. The van der Waals surface area contributed by atoms with Gasteiger partial charge in [0.2, 0.25) is 21.9 Å². The SMILES string of the molecule is Cc1ccc(Oc2nc(N3CCN(C)CC3)nc3c2CN(S(=O)(=O)c2cccc(C)c2)CC3)cc1. The van der Waals surface area contributed by atoms with Gasteiger partial charge in [0.15, 0.2) is 0 Å². The van der Waals surface area contributed by atoms with E-state index >= 15 is 0 Å². The van der Waals surface area contributed by atoms with Gasteiger partial charge in [-0.2, -0.15) is 9.29 Å². The van der Waals surface area contributed by atoms with Gasteiger partial charge in [0.25, 0.3) is 0 Å². The first kappa shape index (κ1) is 23.7. The highest BCUT2D eigenvalue weighted by Crippen LogP contribution is 2.33. The second-order valence-corrected chi connectivity index (χ2v) is 11.3. The number of likely N-dealkylation sites (N-methyl/N-ethyl adjacent to an activating group) is 1. The van der Waals surface area contributed by atoms with Crippen molar-refractivity contribution in [1.29, 1.82) is 0 Å². The number of hydrogen-bond donors (Lipinski definition) is 0. The molecule has 9 heteroatoms. The van der Waals surface area contributed by atoms with Crippen LogP contribution in [-0.2, 0) is 23.0 Å². The molecule has 35 heavy (non-hydrogen) atoms. The molecule has 2 aliphatic rings. The molecule has 0 atom stereocenters. The Morgan fingerprint density at radius 2 is 1.63 bits per heavy atom. The smallest absolute Gasteiger partial charge is 0.243 e. The van der Waals surface area contributed by atoms with E-state index in [4.69, 9.17) is 14.7 Å². The normalized spacial score (nSPS) is 17.3. The zero-order valence-electron chi connectivity index (χ0n) is 20.4. The Morgan fingerprint density at radius 3 is 2.34 bits per heavy atom. The third-order valence-electron chi connectivity index (χ3n) is 6.62. The number of anilines is 1. The maximum atomic E-state index is 13.4. The van der Waals surface area contributed by atoms with Crippen LogP contribution >= 0.6 is 0 Å². The van der Waals surface area contributed by atoms with Crippen LogP contribution in [0.15, 0.2) is 53.4 Å². The van der Waals surface area contributed by atoms with Crippen LogP contribution in [0.25, 0.3) is 0 Å². The van der Waals surface area contributed by atoms with Crippen molar-refractivity contribution in [2.24, 2.45) is 0 Å². The number of ether oxygens (including phenoxy) is 1. The lowest BCUT2D eigenvalue weighted by Gasteiger charge is -2.34. The van der Waals surface area contributed by atoms with E-state index in [1.165, 1.54) is 4.31 Å². The number of aromatic nitrogens is 2. The number of piperazine rings is 1. The number of nitrogens with zero attached hydrogens (tertiary/aromatic N) is 5. The highest BCUT2D eigenvalue weighted by Gasteiger charge is 2.33. The molecule has 8 nitrogen and oxygen atoms in total. The summed E-state index contributed by atoms with van der Waals surface area (Å²) in [6.45, 7) is 8.03. The lowest BCUT2D eigenvalue weighted by atomic mass is 10.1.